The molecule has 1 atom stereocenters. The Morgan fingerprint density at radius 1 is 1.44 bits per heavy atom. The second kappa shape index (κ2) is 4.51. The first-order valence-electron chi connectivity index (χ1n) is 5.60. The van der Waals surface area contributed by atoms with Crippen LogP contribution in [0, 0.1) is 0 Å². The molecule has 2 heterocycles. The first kappa shape index (κ1) is 11.4. The SMILES string of the molecule is CC1N=NC(=S)N1NCc1ccc2c(c1)OCO2. The third kappa shape index (κ3) is 2.02. The molecule has 0 aliphatic carbocycles. The van der Waals surface area contributed by atoms with Crippen molar-refractivity contribution in [2.45, 2.75) is 19.6 Å². The van der Waals surface area contributed by atoms with E-state index in [1.807, 2.05) is 25.1 Å². The summed E-state index contributed by atoms with van der Waals surface area (Å²) >= 11 is 5.07. The summed E-state index contributed by atoms with van der Waals surface area (Å²) in [6.07, 6.45) is -0.0634. The largest absolute Gasteiger partial charge is 0.454 e. The molecule has 0 saturated carbocycles. The standard InChI is InChI=1S/C11H12N4O2S/c1-7-13-14-11(18)15(7)12-5-8-2-3-9-10(4-8)17-6-16-9/h2-4,7,12H,5-6H2,1H3. The highest BCUT2D eigenvalue weighted by Gasteiger charge is 2.22. The first-order valence-corrected chi connectivity index (χ1v) is 6.01. The summed E-state index contributed by atoms with van der Waals surface area (Å²) in [5, 5.41) is 10.0. The van der Waals surface area contributed by atoms with Gasteiger partial charge in [-0.1, -0.05) is 6.07 Å². The molecule has 2 aliphatic rings. The van der Waals surface area contributed by atoms with Crippen LogP contribution in [0.25, 0.3) is 0 Å². The van der Waals surface area contributed by atoms with Gasteiger partial charge in [0.1, 0.15) is 0 Å². The number of ether oxygens (including phenoxy) is 2. The minimum Gasteiger partial charge on any atom is -0.454 e. The third-order valence-electron chi connectivity index (χ3n) is 2.78. The Bertz CT molecular complexity index is 520. The maximum absolute atomic E-state index is 5.33. The average Bonchev–Trinajstić information content (AvgIpc) is 2.94. The maximum Gasteiger partial charge on any atom is 0.232 e. The molecule has 2 aliphatic heterocycles. The highest BCUT2D eigenvalue weighted by Crippen LogP contribution is 2.32. The van der Waals surface area contributed by atoms with Gasteiger partial charge in [-0.15, -0.1) is 5.11 Å². The van der Waals surface area contributed by atoms with Crippen molar-refractivity contribution in [1.29, 1.82) is 0 Å². The monoisotopic (exact) mass is 264 g/mol. The smallest absolute Gasteiger partial charge is 0.232 e. The Morgan fingerprint density at radius 2 is 2.28 bits per heavy atom. The van der Waals surface area contributed by atoms with E-state index in [1.54, 1.807) is 5.01 Å². The van der Waals surface area contributed by atoms with Gasteiger partial charge in [0, 0.05) is 6.54 Å². The van der Waals surface area contributed by atoms with E-state index >= 15 is 0 Å². The lowest BCUT2D eigenvalue weighted by Crippen LogP contribution is -2.42. The molecule has 0 amide bonds. The van der Waals surface area contributed by atoms with Crippen LogP contribution >= 0.6 is 12.2 Å². The normalized spacial score (nSPS) is 20.8. The Kier molecular flexibility index (Phi) is 2.85. The quantitative estimate of drug-likeness (QED) is 0.844. The fourth-order valence-corrected chi connectivity index (χ4v) is 2.08. The molecule has 18 heavy (non-hydrogen) atoms. The van der Waals surface area contributed by atoms with Crippen LogP contribution in [0.15, 0.2) is 28.4 Å². The van der Waals surface area contributed by atoms with Crippen LogP contribution in [-0.2, 0) is 6.54 Å². The number of rotatable bonds is 3. The van der Waals surface area contributed by atoms with E-state index in [2.05, 4.69) is 15.7 Å². The molecule has 1 N–H and O–H groups in total. The summed E-state index contributed by atoms with van der Waals surface area (Å²) in [5.74, 6) is 1.56. The van der Waals surface area contributed by atoms with Gasteiger partial charge in [-0.05, 0) is 36.8 Å². The number of nitrogens with zero attached hydrogens (tertiary/aromatic N) is 3. The molecule has 7 heteroatoms. The van der Waals surface area contributed by atoms with Gasteiger partial charge in [0.15, 0.2) is 17.7 Å². The zero-order valence-corrected chi connectivity index (χ0v) is 10.6. The predicted octanol–water partition coefficient (Wildman–Crippen LogP) is 1.82. The van der Waals surface area contributed by atoms with Crippen molar-refractivity contribution >= 4 is 17.3 Å². The number of thiocarbonyl (C=S) groups is 1. The lowest BCUT2D eigenvalue weighted by molar-refractivity contribution is 0.174. The summed E-state index contributed by atoms with van der Waals surface area (Å²) < 4.78 is 10.6. The molecule has 0 spiro atoms. The number of hydrogen-bond donors (Lipinski definition) is 1. The fourth-order valence-electron chi connectivity index (χ4n) is 1.82. The Hall–Kier alpha value is -1.73. The lowest BCUT2D eigenvalue weighted by Gasteiger charge is -2.20. The van der Waals surface area contributed by atoms with Gasteiger partial charge in [-0.2, -0.15) is 5.11 Å². The van der Waals surface area contributed by atoms with Gasteiger partial charge in [0.2, 0.25) is 11.9 Å². The van der Waals surface area contributed by atoms with Crippen LogP contribution in [0.2, 0.25) is 0 Å². The number of nitrogens with one attached hydrogen (secondary N) is 1. The highest BCUT2D eigenvalue weighted by atomic mass is 32.1. The Balaban J connectivity index is 1.65. The van der Waals surface area contributed by atoms with E-state index in [4.69, 9.17) is 21.7 Å². The van der Waals surface area contributed by atoms with Gasteiger partial charge in [0.25, 0.3) is 0 Å². The van der Waals surface area contributed by atoms with Crippen LogP contribution in [-0.4, -0.2) is 23.1 Å². The molecule has 1 aromatic carbocycles. The van der Waals surface area contributed by atoms with E-state index in [0.29, 0.717) is 11.7 Å². The maximum atomic E-state index is 5.33. The Labute approximate surface area is 110 Å². The second-order valence-electron chi connectivity index (χ2n) is 4.02. The fraction of sp³-hybridized carbons (Fsp3) is 0.364. The molecule has 0 saturated heterocycles. The molecule has 0 fully saturated rings. The van der Waals surface area contributed by atoms with E-state index in [1.165, 1.54) is 0 Å². The van der Waals surface area contributed by atoms with Crippen molar-refractivity contribution in [3.05, 3.63) is 23.8 Å². The molecule has 0 bridgehead atoms. The molecule has 1 aromatic rings. The second-order valence-corrected chi connectivity index (χ2v) is 4.39. The molecule has 1 unspecified atom stereocenters. The van der Waals surface area contributed by atoms with Crippen LogP contribution in [0.1, 0.15) is 12.5 Å². The number of benzene rings is 1. The minimum absolute atomic E-state index is 0.0634. The highest BCUT2D eigenvalue weighted by molar-refractivity contribution is 7.80. The molecule has 3 rings (SSSR count). The van der Waals surface area contributed by atoms with E-state index in [-0.39, 0.29) is 13.0 Å². The molecule has 6 nitrogen and oxygen atoms in total. The van der Waals surface area contributed by atoms with Crippen molar-refractivity contribution < 1.29 is 9.47 Å². The van der Waals surface area contributed by atoms with Crippen molar-refractivity contribution in [3.8, 4) is 11.5 Å². The van der Waals surface area contributed by atoms with Gasteiger partial charge in [-0.3, -0.25) is 5.01 Å². The minimum atomic E-state index is -0.0634. The molecule has 0 aromatic heterocycles. The van der Waals surface area contributed by atoms with Crippen molar-refractivity contribution in [2.75, 3.05) is 6.79 Å². The summed E-state index contributed by atoms with van der Waals surface area (Å²) in [4.78, 5) is 0. The number of hydrogen-bond acceptors (Lipinski definition) is 5. The molecular formula is C11H12N4O2S. The molecule has 0 radical (unpaired) electrons. The summed E-state index contributed by atoms with van der Waals surface area (Å²) in [5.41, 5.74) is 4.28. The van der Waals surface area contributed by atoms with Crippen LogP contribution in [0.5, 0.6) is 11.5 Å². The summed E-state index contributed by atoms with van der Waals surface area (Å²) in [6, 6.07) is 5.84. The number of hydrazine groups is 1. The molecule has 94 valence electrons. The van der Waals surface area contributed by atoms with E-state index in [0.717, 1.165) is 17.1 Å². The van der Waals surface area contributed by atoms with Crippen LogP contribution in [0.3, 0.4) is 0 Å². The van der Waals surface area contributed by atoms with E-state index < -0.39 is 0 Å². The van der Waals surface area contributed by atoms with Gasteiger partial charge in [-0.25, -0.2) is 5.43 Å². The van der Waals surface area contributed by atoms with Gasteiger partial charge < -0.3 is 9.47 Å². The summed E-state index contributed by atoms with van der Waals surface area (Å²) in [7, 11) is 0. The predicted molar refractivity (Wildman–Crippen MR) is 68.2 cm³/mol. The number of fused-ring (bicyclic) bond motifs is 1. The van der Waals surface area contributed by atoms with Crippen LogP contribution < -0.4 is 14.9 Å². The average molecular weight is 264 g/mol. The third-order valence-corrected chi connectivity index (χ3v) is 3.06. The zero-order valence-electron chi connectivity index (χ0n) is 9.79. The summed E-state index contributed by atoms with van der Waals surface area (Å²) in [6.45, 7) is 2.85. The van der Waals surface area contributed by atoms with Crippen molar-refractivity contribution in [3.63, 3.8) is 0 Å². The number of azo groups is 1. The molecular weight excluding hydrogens is 252 g/mol. The topological polar surface area (TPSA) is 58.5 Å². The van der Waals surface area contributed by atoms with Gasteiger partial charge >= 0.3 is 0 Å². The van der Waals surface area contributed by atoms with E-state index in [9.17, 15) is 0 Å². The van der Waals surface area contributed by atoms with Crippen molar-refractivity contribution in [1.82, 2.24) is 10.4 Å². The zero-order chi connectivity index (χ0) is 12.5. The first-order chi connectivity index (χ1) is 8.74. The van der Waals surface area contributed by atoms with Crippen molar-refractivity contribution in [2.24, 2.45) is 10.2 Å². The van der Waals surface area contributed by atoms with Crippen LogP contribution in [0.4, 0.5) is 0 Å². The van der Waals surface area contributed by atoms with Gasteiger partial charge in [0.05, 0.1) is 0 Å². The lowest BCUT2D eigenvalue weighted by atomic mass is 10.2. The Morgan fingerprint density at radius 3 is 3.06 bits per heavy atom.